The summed E-state index contributed by atoms with van der Waals surface area (Å²) in [6.45, 7) is 9.74. The number of hydrogen-bond donors (Lipinski definition) is 1. The maximum Gasteiger partial charge on any atom is 0.107 e. The first kappa shape index (κ1) is 12.0. The fourth-order valence-corrected chi connectivity index (χ4v) is 3.05. The van der Waals surface area contributed by atoms with Gasteiger partial charge in [-0.05, 0) is 11.8 Å². The second kappa shape index (κ2) is 4.82. The van der Waals surface area contributed by atoms with Crippen LogP contribution in [0.3, 0.4) is 0 Å². The summed E-state index contributed by atoms with van der Waals surface area (Å²) >= 11 is 1.84. The zero-order valence-electron chi connectivity index (χ0n) is 10.3. The van der Waals surface area contributed by atoms with Crippen molar-refractivity contribution in [2.45, 2.75) is 39.3 Å². The molecule has 4 heteroatoms. The van der Waals surface area contributed by atoms with Crippen LogP contribution in [-0.2, 0) is 6.54 Å². The van der Waals surface area contributed by atoms with Crippen molar-refractivity contribution < 1.29 is 0 Å². The fraction of sp³-hybridized carbons (Fsp3) is 0.750. The Labute approximate surface area is 102 Å². The van der Waals surface area contributed by atoms with Gasteiger partial charge in [-0.1, -0.05) is 20.8 Å². The minimum atomic E-state index is 0.338. The van der Waals surface area contributed by atoms with Gasteiger partial charge < -0.3 is 5.73 Å². The molecule has 3 nitrogen and oxygen atoms in total. The van der Waals surface area contributed by atoms with Gasteiger partial charge in [0.15, 0.2) is 0 Å². The van der Waals surface area contributed by atoms with Gasteiger partial charge in [-0.15, -0.1) is 11.3 Å². The van der Waals surface area contributed by atoms with Gasteiger partial charge in [0.1, 0.15) is 5.01 Å². The highest BCUT2D eigenvalue weighted by atomic mass is 32.1. The maximum absolute atomic E-state index is 6.02. The third-order valence-corrected chi connectivity index (χ3v) is 4.53. The summed E-state index contributed by atoms with van der Waals surface area (Å²) in [5, 5.41) is 1.23. The van der Waals surface area contributed by atoms with Gasteiger partial charge in [0, 0.05) is 30.2 Å². The van der Waals surface area contributed by atoms with Crippen molar-refractivity contribution in [3.63, 3.8) is 0 Å². The molecule has 0 spiro atoms. The molecule has 0 saturated carbocycles. The van der Waals surface area contributed by atoms with Crippen LogP contribution in [-0.4, -0.2) is 29.0 Å². The highest BCUT2D eigenvalue weighted by Crippen LogP contribution is 2.24. The molecular formula is C12H21N3S. The average molecular weight is 239 g/mol. The van der Waals surface area contributed by atoms with Crippen molar-refractivity contribution in [1.29, 1.82) is 0 Å². The lowest BCUT2D eigenvalue weighted by molar-refractivity contribution is 0.318. The summed E-state index contributed by atoms with van der Waals surface area (Å²) in [6, 6.07) is 0.338. The molecule has 0 bridgehead atoms. The van der Waals surface area contributed by atoms with E-state index in [2.05, 4.69) is 30.7 Å². The van der Waals surface area contributed by atoms with Gasteiger partial charge in [0.05, 0.1) is 6.54 Å². The largest absolute Gasteiger partial charge is 0.326 e. The minimum Gasteiger partial charge on any atom is -0.326 e. The molecule has 0 amide bonds. The predicted octanol–water partition coefficient (Wildman–Crippen LogP) is 2.05. The Bertz CT molecular complexity index is 338. The van der Waals surface area contributed by atoms with Crippen molar-refractivity contribution in [1.82, 2.24) is 9.88 Å². The quantitative estimate of drug-likeness (QED) is 0.878. The standard InChI is InChI=1S/C12H21N3S/c1-8(2)11-4-14-12(16-11)7-15-5-9(3)10(13)6-15/h4,8-10H,5-7,13H2,1-3H3. The topological polar surface area (TPSA) is 42.2 Å². The number of nitrogens with two attached hydrogens (primary N) is 1. The van der Waals surface area contributed by atoms with Crippen LogP contribution in [0.1, 0.15) is 36.6 Å². The second-order valence-electron chi connectivity index (χ2n) is 5.15. The van der Waals surface area contributed by atoms with E-state index < -0.39 is 0 Å². The molecule has 0 radical (unpaired) electrons. The molecule has 90 valence electrons. The maximum atomic E-state index is 6.02. The Morgan fingerprint density at radius 1 is 1.56 bits per heavy atom. The molecule has 2 atom stereocenters. The third-order valence-electron chi connectivity index (χ3n) is 3.25. The molecule has 1 aliphatic heterocycles. The summed E-state index contributed by atoms with van der Waals surface area (Å²) in [6.07, 6.45) is 2.02. The number of hydrogen-bond acceptors (Lipinski definition) is 4. The Balaban J connectivity index is 1.94. The Morgan fingerprint density at radius 2 is 2.31 bits per heavy atom. The van der Waals surface area contributed by atoms with E-state index in [9.17, 15) is 0 Å². The lowest BCUT2D eigenvalue weighted by atomic mass is 10.1. The lowest BCUT2D eigenvalue weighted by Crippen LogP contribution is -2.28. The number of thiazole rings is 1. The van der Waals surface area contributed by atoms with Crippen molar-refractivity contribution in [2.24, 2.45) is 11.7 Å². The van der Waals surface area contributed by atoms with Crippen LogP contribution in [0, 0.1) is 5.92 Å². The van der Waals surface area contributed by atoms with Crippen LogP contribution in [0.5, 0.6) is 0 Å². The first-order valence-corrected chi connectivity index (χ1v) is 6.80. The summed E-state index contributed by atoms with van der Waals surface area (Å²) in [5.41, 5.74) is 6.02. The average Bonchev–Trinajstić information content (AvgIpc) is 2.76. The van der Waals surface area contributed by atoms with E-state index in [1.165, 1.54) is 9.88 Å². The molecule has 1 saturated heterocycles. The van der Waals surface area contributed by atoms with Gasteiger partial charge in [0.25, 0.3) is 0 Å². The zero-order valence-corrected chi connectivity index (χ0v) is 11.1. The molecule has 1 aromatic rings. The van der Waals surface area contributed by atoms with Crippen LogP contribution < -0.4 is 5.73 Å². The van der Waals surface area contributed by atoms with Gasteiger partial charge in [-0.2, -0.15) is 0 Å². The second-order valence-corrected chi connectivity index (χ2v) is 6.29. The number of nitrogens with zero attached hydrogens (tertiary/aromatic N) is 2. The number of rotatable bonds is 3. The molecule has 0 aromatic carbocycles. The predicted molar refractivity (Wildman–Crippen MR) is 68.6 cm³/mol. The van der Waals surface area contributed by atoms with Crippen LogP contribution in [0.4, 0.5) is 0 Å². The van der Waals surface area contributed by atoms with Crippen LogP contribution in [0.25, 0.3) is 0 Å². The van der Waals surface area contributed by atoms with Gasteiger partial charge in [-0.3, -0.25) is 4.90 Å². The number of aromatic nitrogens is 1. The first-order valence-electron chi connectivity index (χ1n) is 5.98. The monoisotopic (exact) mass is 239 g/mol. The van der Waals surface area contributed by atoms with E-state index in [0.717, 1.165) is 19.6 Å². The van der Waals surface area contributed by atoms with E-state index in [-0.39, 0.29) is 0 Å². The molecule has 2 unspecified atom stereocenters. The van der Waals surface area contributed by atoms with E-state index in [1.807, 2.05) is 17.5 Å². The molecule has 2 heterocycles. The highest BCUT2D eigenvalue weighted by molar-refractivity contribution is 7.11. The van der Waals surface area contributed by atoms with Crippen molar-refractivity contribution >= 4 is 11.3 Å². The molecule has 16 heavy (non-hydrogen) atoms. The molecule has 1 aromatic heterocycles. The first-order chi connectivity index (χ1) is 7.56. The summed E-state index contributed by atoms with van der Waals surface area (Å²) in [5.74, 6) is 1.20. The molecular weight excluding hydrogens is 218 g/mol. The highest BCUT2D eigenvalue weighted by Gasteiger charge is 2.26. The van der Waals surface area contributed by atoms with E-state index in [4.69, 9.17) is 5.73 Å². The van der Waals surface area contributed by atoms with E-state index in [1.54, 1.807) is 0 Å². The fourth-order valence-electron chi connectivity index (χ4n) is 2.08. The molecule has 2 rings (SSSR count). The van der Waals surface area contributed by atoms with Crippen LogP contribution >= 0.6 is 11.3 Å². The summed E-state index contributed by atoms with van der Waals surface area (Å²) in [7, 11) is 0. The Morgan fingerprint density at radius 3 is 2.81 bits per heavy atom. The number of likely N-dealkylation sites (tertiary alicyclic amines) is 1. The molecule has 1 fully saturated rings. The van der Waals surface area contributed by atoms with Crippen molar-refractivity contribution in [2.75, 3.05) is 13.1 Å². The van der Waals surface area contributed by atoms with Crippen molar-refractivity contribution in [3.05, 3.63) is 16.1 Å². The molecule has 1 aliphatic rings. The Hall–Kier alpha value is -0.450. The smallest absolute Gasteiger partial charge is 0.107 e. The van der Waals surface area contributed by atoms with Crippen LogP contribution in [0.2, 0.25) is 0 Å². The normalized spacial score (nSPS) is 26.8. The zero-order chi connectivity index (χ0) is 11.7. The third kappa shape index (κ3) is 2.62. The SMILES string of the molecule is CC(C)c1cnc(CN2CC(C)C(N)C2)s1. The van der Waals surface area contributed by atoms with Gasteiger partial charge in [-0.25, -0.2) is 4.98 Å². The van der Waals surface area contributed by atoms with Crippen LogP contribution in [0.15, 0.2) is 6.20 Å². The van der Waals surface area contributed by atoms with Gasteiger partial charge >= 0.3 is 0 Å². The summed E-state index contributed by atoms with van der Waals surface area (Å²) in [4.78, 5) is 8.28. The molecule has 0 aliphatic carbocycles. The summed E-state index contributed by atoms with van der Waals surface area (Å²) < 4.78 is 0. The van der Waals surface area contributed by atoms with Crippen molar-refractivity contribution in [3.8, 4) is 0 Å². The molecule has 2 N–H and O–H groups in total. The lowest BCUT2D eigenvalue weighted by Gasteiger charge is -2.12. The van der Waals surface area contributed by atoms with E-state index >= 15 is 0 Å². The Kier molecular flexibility index (Phi) is 3.62. The van der Waals surface area contributed by atoms with E-state index in [0.29, 0.717) is 17.9 Å². The van der Waals surface area contributed by atoms with Gasteiger partial charge in [0.2, 0.25) is 0 Å². The minimum absolute atomic E-state index is 0.338.